The molecule has 10 heteroatoms. The number of aliphatic hydroxyl groups is 1. The Morgan fingerprint density at radius 1 is 1.16 bits per heavy atom. The van der Waals surface area contributed by atoms with Crippen LogP contribution in [0.3, 0.4) is 0 Å². The van der Waals surface area contributed by atoms with E-state index in [4.69, 9.17) is 0 Å². The van der Waals surface area contributed by atoms with Crippen molar-refractivity contribution in [3.8, 4) is 0 Å². The van der Waals surface area contributed by atoms with E-state index in [1.54, 1.807) is 37.3 Å². The highest BCUT2D eigenvalue weighted by molar-refractivity contribution is 7.90. The number of hydrogen-bond acceptors (Lipinski definition) is 6. The molecule has 0 aliphatic carbocycles. The third-order valence-corrected chi connectivity index (χ3v) is 8.49. The molecule has 9 nitrogen and oxygen atoms in total. The minimum Gasteiger partial charge on any atom is -0.477 e. The van der Waals surface area contributed by atoms with Gasteiger partial charge in [0.25, 0.3) is 15.9 Å². The molecule has 3 heterocycles. The highest BCUT2D eigenvalue weighted by Crippen LogP contribution is 2.48. The fraction of sp³-hybridized carbons (Fsp3) is 0.318. The fourth-order valence-electron chi connectivity index (χ4n) is 5.23. The Morgan fingerprint density at radius 3 is 2.44 bits per heavy atom. The van der Waals surface area contributed by atoms with Gasteiger partial charge in [-0.05, 0) is 30.0 Å². The number of carboxylic acid groups (broad SMARTS) is 1. The second-order valence-electron chi connectivity index (χ2n) is 8.41. The molecule has 0 radical (unpaired) electrons. The number of β-lactam (4-membered cyclic amide) rings is 1. The summed E-state index contributed by atoms with van der Waals surface area (Å²) >= 11 is 0. The Hall–Kier alpha value is -3.24. The Bertz CT molecular complexity index is 1360. The summed E-state index contributed by atoms with van der Waals surface area (Å²) < 4.78 is 27.5. The molecular weight excluding hydrogens is 436 g/mol. The van der Waals surface area contributed by atoms with Crippen LogP contribution in [0.15, 0.2) is 52.6 Å². The van der Waals surface area contributed by atoms with Gasteiger partial charge in [-0.15, -0.1) is 0 Å². The molecular formula is C22H20N2O7S. The molecule has 3 aliphatic rings. The standard InChI is InChI=1S/C22H20N2O7S/c1-10-14(19(22(28)29)24-18(10)16(11(2)25)21(24)27)9-23-20(26)13-7-3-5-12-6-4-8-15(17(12)13)32(23,30)31/h3-8,10-11,16,18,25H,9H2,1-2H3,(H,28,29)/t10-,11+,16+,18+/m0/s1. The van der Waals surface area contributed by atoms with Crippen LogP contribution in [0.4, 0.5) is 0 Å². The number of carbonyl (C=O) groups is 3. The van der Waals surface area contributed by atoms with Gasteiger partial charge in [0.15, 0.2) is 0 Å². The second-order valence-corrected chi connectivity index (χ2v) is 10.2. The number of carboxylic acids is 1. The molecule has 1 saturated heterocycles. The van der Waals surface area contributed by atoms with Crippen LogP contribution < -0.4 is 0 Å². The molecule has 166 valence electrons. The monoisotopic (exact) mass is 456 g/mol. The first-order chi connectivity index (χ1) is 15.1. The first kappa shape index (κ1) is 20.7. The lowest BCUT2D eigenvalue weighted by Crippen LogP contribution is -2.63. The number of rotatable bonds is 4. The molecule has 3 aliphatic heterocycles. The van der Waals surface area contributed by atoms with Crippen LogP contribution in [0.25, 0.3) is 10.8 Å². The SMILES string of the molecule is C[C@@H](O)[C@H]1C(=O)N2C(C(=O)O)=C(CN3C(=O)c4cccc5cccc(c45)S3(=O)=O)[C@H](C)[C@H]12. The summed E-state index contributed by atoms with van der Waals surface area (Å²) in [7, 11) is -4.25. The summed E-state index contributed by atoms with van der Waals surface area (Å²) in [6.07, 6.45) is -0.981. The highest BCUT2D eigenvalue weighted by Gasteiger charge is 2.60. The molecule has 32 heavy (non-hydrogen) atoms. The van der Waals surface area contributed by atoms with Crippen molar-refractivity contribution < 1.29 is 33.0 Å². The molecule has 1 fully saturated rings. The van der Waals surface area contributed by atoms with E-state index in [0.29, 0.717) is 15.1 Å². The maximum absolute atomic E-state index is 13.4. The molecule has 2 aromatic carbocycles. The van der Waals surface area contributed by atoms with Crippen LogP contribution >= 0.6 is 0 Å². The quantitative estimate of drug-likeness (QED) is 0.660. The first-order valence-corrected chi connectivity index (χ1v) is 11.6. The Balaban J connectivity index is 1.62. The van der Waals surface area contributed by atoms with Gasteiger partial charge in [0, 0.05) is 16.9 Å². The lowest BCUT2D eigenvalue weighted by atomic mass is 9.78. The van der Waals surface area contributed by atoms with Crippen LogP contribution in [-0.2, 0) is 19.6 Å². The zero-order valence-corrected chi connectivity index (χ0v) is 18.0. The summed E-state index contributed by atoms with van der Waals surface area (Å²) in [5.41, 5.74) is 0.0733. The van der Waals surface area contributed by atoms with E-state index >= 15 is 0 Å². The molecule has 0 unspecified atom stereocenters. The zero-order valence-electron chi connectivity index (χ0n) is 17.2. The van der Waals surface area contributed by atoms with E-state index in [2.05, 4.69) is 0 Å². The second kappa shape index (κ2) is 6.63. The predicted octanol–water partition coefficient (Wildman–Crippen LogP) is 1.18. The normalized spacial score (nSPS) is 26.9. The molecule has 0 aromatic heterocycles. The van der Waals surface area contributed by atoms with Crippen LogP contribution in [0.2, 0.25) is 0 Å². The van der Waals surface area contributed by atoms with Gasteiger partial charge < -0.3 is 15.1 Å². The number of aliphatic hydroxyl groups excluding tert-OH is 1. The number of amides is 2. The number of nitrogens with zero attached hydrogens (tertiary/aromatic N) is 2. The minimum absolute atomic E-state index is 0.0189. The van der Waals surface area contributed by atoms with Crippen LogP contribution in [0, 0.1) is 11.8 Å². The van der Waals surface area contributed by atoms with Gasteiger partial charge in [0.1, 0.15) is 5.70 Å². The third-order valence-electron chi connectivity index (χ3n) is 6.72. The third kappa shape index (κ3) is 2.47. The maximum atomic E-state index is 13.4. The van der Waals surface area contributed by atoms with Crippen molar-refractivity contribution in [1.82, 2.24) is 9.21 Å². The van der Waals surface area contributed by atoms with E-state index in [9.17, 15) is 33.0 Å². The largest absolute Gasteiger partial charge is 0.477 e. The lowest BCUT2D eigenvalue weighted by Gasteiger charge is -2.46. The van der Waals surface area contributed by atoms with Gasteiger partial charge in [0.05, 0.1) is 29.5 Å². The summed E-state index contributed by atoms with van der Waals surface area (Å²) in [6, 6.07) is 9.06. The van der Waals surface area contributed by atoms with Gasteiger partial charge in [-0.2, -0.15) is 0 Å². The maximum Gasteiger partial charge on any atom is 0.352 e. The smallest absolute Gasteiger partial charge is 0.352 e. The lowest BCUT2D eigenvalue weighted by molar-refractivity contribution is -0.163. The Morgan fingerprint density at radius 2 is 1.81 bits per heavy atom. The Labute approximate surface area is 183 Å². The first-order valence-electron chi connectivity index (χ1n) is 10.1. The van der Waals surface area contributed by atoms with E-state index < -0.39 is 58.3 Å². The molecule has 2 amide bonds. The zero-order chi connectivity index (χ0) is 23.1. The summed E-state index contributed by atoms with van der Waals surface area (Å²) in [4.78, 5) is 38.9. The van der Waals surface area contributed by atoms with Crippen molar-refractivity contribution in [2.24, 2.45) is 11.8 Å². The van der Waals surface area contributed by atoms with Crippen LogP contribution in [-0.4, -0.2) is 64.3 Å². The van der Waals surface area contributed by atoms with Crippen molar-refractivity contribution in [3.05, 3.63) is 53.2 Å². The molecule has 0 saturated carbocycles. The minimum atomic E-state index is -4.25. The van der Waals surface area contributed by atoms with Crippen LogP contribution in [0.5, 0.6) is 0 Å². The van der Waals surface area contributed by atoms with Crippen molar-refractivity contribution in [2.75, 3.05) is 6.54 Å². The van der Waals surface area contributed by atoms with E-state index in [1.165, 1.54) is 13.0 Å². The molecule has 2 N–H and O–H groups in total. The fourth-order valence-corrected chi connectivity index (χ4v) is 6.83. The highest BCUT2D eigenvalue weighted by atomic mass is 32.2. The summed E-state index contributed by atoms with van der Waals surface area (Å²) in [5, 5.41) is 20.8. The van der Waals surface area contributed by atoms with Crippen molar-refractivity contribution >= 4 is 38.6 Å². The van der Waals surface area contributed by atoms with Crippen molar-refractivity contribution in [2.45, 2.75) is 30.9 Å². The molecule has 2 aromatic rings. The van der Waals surface area contributed by atoms with Gasteiger partial charge in [-0.25, -0.2) is 17.5 Å². The van der Waals surface area contributed by atoms with E-state index in [1.807, 2.05) is 0 Å². The van der Waals surface area contributed by atoms with Gasteiger partial charge >= 0.3 is 5.97 Å². The molecule has 0 bridgehead atoms. The van der Waals surface area contributed by atoms with Crippen LogP contribution in [0.1, 0.15) is 24.2 Å². The topological polar surface area (TPSA) is 132 Å². The molecule has 4 atom stereocenters. The van der Waals surface area contributed by atoms with Crippen molar-refractivity contribution in [1.29, 1.82) is 0 Å². The summed E-state index contributed by atoms with van der Waals surface area (Å²) in [6.45, 7) is 2.66. The summed E-state index contributed by atoms with van der Waals surface area (Å²) in [5.74, 6) is -3.97. The Kier molecular flexibility index (Phi) is 4.28. The number of fused-ring (bicyclic) bond motifs is 1. The molecule has 5 rings (SSSR count). The molecule has 0 spiro atoms. The number of benzene rings is 2. The number of hydrogen-bond donors (Lipinski definition) is 2. The number of aliphatic carboxylic acids is 1. The van der Waals surface area contributed by atoms with E-state index in [0.717, 1.165) is 4.90 Å². The van der Waals surface area contributed by atoms with E-state index in [-0.39, 0.29) is 21.7 Å². The average molecular weight is 456 g/mol. The predicted molar refractivity (Wildman–Crippen MR) is 112 cm³/mol. The number of carbonyl (C=O) groups excluding carboxylic acids is 2. The number of sulfonamides is 1. The van der Waals surface area contributed by atoms with Crippen molar-refractivity contribution in [3.63, 3.8) is 0 Å². The average Bonchev–Trinajstić information content (AvgIpc) is 2.97. The van der Waals surface area contributed by atoms with Gasteiger partial charge in [-0.1, -0.05) is 31.2 Å². The van der Waals surface area contributed by atoms with Gasteiger partial charge in [0.2, 0.25) is 5.91 Å². The van der Waals surface area contributed by atoms with Gasteiger partial charge in [-0.3, -0.25) is 9.59 Å².